The second-order valence-corrected chi connectivity index (χ2v) is 7.99. The van der Waals surface area contributed by atoms with E-state index >= 15 is 0 Å². The largest absolute Gasteiger partial charge is 0.365 e. The zero-order valence-electron chi connectivity index (χ0n) is 16.2. The number of carbonyl (C=O) groups excluding carboxylic acids is 3. The van der Waals surface area contributed by atoms with Gasteiger partial charge in [-0.15, -0.1) is 11.3 Å². The Labute approximate surface area is 164 Å². The lowest BCUT2D eigenvalue weighted by molar-refractivity contribution is -0.123. The fourth-order valence-corrected chi connectivity index (χ4v) is 4.65. The van der Waals surface area contributed by atoms with Crippen molar-refractivity contribution in [3.05, 3.63) is 16.0 Å². The third-order valence-corrected chi connectivity index (χ3v) is 5.72. The highest BCUT2D eigenvalue weighted by Crippen LogP contribution is 2.37. The Morgan fingerprint density at radius 2 is 1.78 bits per heavy atom. The normalized spacial score (nSPS) is 13.3. The topological polar surface area (TPSA) is 105 Å². The number of carbonyl (C=O) groups is 3. The number of nitrogens with two attached hydrogens (primary N) is 1. The smallest absolute Gasteiger partial charge is 0.251 e. The Kier molecular flexibility index (Phi) is 8.24. The van der Waals surface area contributed by atoms with Crippen LogP contribution in [-0.4, -0.2) is 48.8 Å². The molecule has 0 bridgehead atoms. The van der Waals surface area contributed by atoms with Crippen molar-refractivity contribution in [2.24, 2.45) is 5.73 Å². The molecule has 1 aliphatic rings. The maximum absolute atomic E-state index is 12.6. The Bertz CT molecular complexity index is 687. The molecule has 3 amide bonds. The highest BCUT2D eigenvalue weighted by molar-refractivity contribution is 7.17. The average molecular weight is 395 g/mol. The summed E-state index contributed by atoms with van der Waals surface area (Å²) >= 11 is 1.45. The van der Waals surface area contributed by atoms with Crippen molar-refractivity contribution in [2.45, 2.75) is 52.4 Å². The van der Waals surface area contributed by atoms with Crippen LogP contribution in [0.1, 0.15) is 60.3 Å². The van der Waals surface area contributed by atoms with E-state index < -0.39 is 5.91 Å². The number of hydrogen-bond acceptors (Lipinski definition) is 5. The molecule has 2 rings (SSSR count). The van der Waals surface area contributed by atoms with Crippen LogP contribution < -0.4 is 16.4 Å². The van der Waals surface area contributed by atoms with Gasteiger partial charge in [0.1, 0.15) is 5.00 Å². The first-order chi connectivity index (χ1) is 13.0. The van der Waals surface area contributed by atoms with E-state index in [0.717, 1.165) is 49.0 Å². The number of rotatable bonds is 10. The van der Waals surface area contributed by atoms with Gasteiger partial charge in [0.15, 0.2) is 0 Å². The molecule has 1 aromatic heterocycles. The Hall–Kier alpha value is -1.93. The Morgan fingerprint density at radius 3 is 2.44 bits per heavy atom. The summed E-state index contributed by atoms with van der Waals surface area (Å²) in [5.41, 5.74) is 7.04. The number of amides is 3. The molecule has 0 spiro atoms. The molecule has 0 aliphatic heterocycles. The zero-order valence-corrected chi connectivity index (χ0v) is 17.0. The molecule has 7 nitrogen and oxygen atoms in total. The molecule has 0 radical (unpaired) electrons. The summed E-state index contributed by atoms with van der Waals surface area (Å²) in [4.78, 5) is 39.4. The van der Waals surface area contributed by atoms with E-state index in [1.165, 1.54) is 11.3 Å². The minimum atomic E-state index is -0.492. The van der Waals surface area contributed by atoms with E-state index in [1.54, 1.807) is 0 Å². The van der Waals surface area contributed by atoms with Crippen molar-refractivity contribution >= 4 is 34.1 Å². The van der Waals surface area contributed by atoms with Gasteiger partial charge in [-0.25, -0.2) is 0 Å². The number of anilines is 1. The molecule has 27 heavy (non-hydrogen) atoms. The molecule has 4 N–H and O–H groups in total. The first-order valence-corrected chi connectivity index (χ1v) is 10.5. The predicted molar refractivity (Wildman–Crippen MR) is 108 cm³/mol. The van der Waals surface area contributed by atoms with E-state index in [-0.39, 0.29) is 24.9 Å². The molecule has 150 valence electrons. The van der Waals surface area contributed by atoms with Crippen LogP contribution in [0.2, 0.25) is 0 Å². The quantitative estimate of drug-likeness (QED) is 0.564. The van der Waals surface area contributed by atoms with Gasteiger partial charge in [0.05, 0.1) is 18.7 Å². The number of aryl methyl sites for hydroxylation is 1. The minimum absolute atomic E-state index is 0.0810. The molecule has 0 fully saturated rings. The average Bonchev–Trinajstić information content (AvgIpc) is 2.97. The van der Waals surface area contributed by atoms with E-state index in [0.29, 0.717) is 23.7 Å². The summed E-state index contributed by atoms with van der Waals surface area (Å²) in [6, 6.07) is 0. The molecule has 1 aliphatic carbocycles. The second-order valence-electron chi connectivity index (χ2n) is 6.89. The van der Waals surface area contributed by atoms with Crippen LogP contribution in [0.15, 0.2) is 0 Å². The zero-order chi connectivity index (χ0) is 19.8. The van der Waals surface area contributed by atoms with Gasteiger partial charge in [-0.05, 0) is 50.6 Å². The number of thiophene rings is 1. The van der Waals surface area contributed by atoms with Gasteiger partial charge in [0.2, 0.25) is 11.8 Å². The lowest BCUT2D eigenvalue weighted by Crippen LogP contribution is -2.41. The summed E-state index contributed by atoms with van der Waals surface area (Å²) in [5, 5.41) is 6.24. The molecule has 1 heterocycles. The van der Waals surface area contributed by atoms with Crippen LogP contribution in [-0.2, 0) is 22.4 Å². The summed E-state index contributed by atoms with van der Waals surface area (Å²) in [5.74, 6) is -0.801. The molecule has 0 unspecified atom stereocenters. The van der Waals surface area contributed by atoms with E-state index in [1.807, 2.05) is 18.7 Å². The van der Waals surface area contributed by atoms with Crippen LogP contribution in [0.4, 0.5) is 5.00 Å². The molecule has 0 aromatic carbocycles. The standard InChI is InChI=1S/C19H30N4O3S/c1-3-9-21-15(24)11-23(10-4-2)12-16(25)22-19-17(18(20)26)13-7-5-6-8-14(13)27-19/h3-12H2,1-2H3,(H2,20,26)(H,21,24)(H,22,25). The van der Waals surface area contributed by atoms with Gasteiger partial charge in [0, 0.05) is 11.4 Å². The van der Waals surface area contributed by atoms with Gasteiger partial charge < -0.3 is 16.4 Å². The van der Waals surface area contributed by atoms with E-state index in [9.17, 15) is 14.4 Å². The fourth-order valence-electron chi connectivity index (χ4n) is 3.34. The second kappa shape index (κ2) is 10.4. The highest BCUT2D eigenvalue weighted by atomic mass is 32.1. The highest BCUT2D eigenvalue weighted by Gasteiger charge is 2.25. The first kappa shape index (κ1) is 21.4. The third-order valence-electron chi connectivity index (χ3n) is 4.52. The monoisotopic (exact) mass is 394 g/mol. The van der Waals surface area contributed by atoms with Crippen LogP contribution >= 0.6 is 11.3 Å². The van der Waals surface area contributed by atoms with Gasteiger partial charge in [-0.2, -0.15) is 0 Å². The van der Waals surface area contributed by atoms with Crippen LogP contribution in [0, 0.1) is 0 Å². The van der Waals surface area contributed by atoms with Crippen molar-refractivity contribution in [1.82, 2.24) is 10.2 Å². The third kappa shape index (κ3) is 6.04. The Morgan fingerprint density at radius 1 is 1.07 bits per heavy atom. The van der Waals surface area contributed by atoms with Crippen molar-refractivity contribution in [2.75, 3.05) is 31.5 Å². The number of primary amides is 1. The SMILES string of the molecule is CCCNC(=O)CN(CCC)CC(=O)Nc1sc2c(c1C(N)=O)CCCC2. The predicted octanol–water partition coefficient (Wildman–Crippen LogP) is 1.90. The number of fused-ring (bicyclic) bond motifs is 1. The maximum atomic E-state index is 12.6. The number of nitrogens with one attached hydrogen (secondary N) is 2. The van der Waals surface area contributed by atoms with Gasteiger partial charge >= 0.3 is 0 Å². The summed E-state index contributed by atoms with van der Waals surface area (Å²) < 4.78 is 0. The van der Waals surface area contributed by atoms with E-state index in [2.05, 4.69) is 10.6 Å². The number of nitrogens with zero attached hydrogens (tertiary/aromatic N) is 1. The Balaban J connectivity index is 2.03. The molecule has 8 heteroatoms. The van der Waals surface area contributed by atoms with E-state index in [4.69, 9.17) is 5.73 Å². The molecule has 1 aromatic rings. The van der Waals surface area contributed by atoms with Crippen molar-refractivity contribution in [3.8, 4) is 0 Å². The number of hydrogen-bond donors (Lipinski definition) is 3. The summed E-state index contributed by atoms with van der Waals surface area (Å²) in [6.45, 7) is 5.57. The van der Waals surface area contributed by atoms with Crippen molar-refractivity contribution in [3.63, 3.8) is 0 Å². The molecular weight excluding hydrogens is 364 g/mol. The fraction of sp³-hybridized carbons (Fsp3) is 0.632. The van der Waals surface area contributed by atoms with Crippen molar-refractivity contribution < 1.29 is 14.4 Å². The van der Waals surface area contributed by atoms with Gasteiger partial charge in [-0.1, -0.05) is 13.8 Å². The summed E-state index contributed by atoms with van der Waals surface area (Å²) in [7, 11) is 0. The van der Waals surface area contributed by atoms with Crippen molar-refractivity contribution in [1.29, 1.82) is 0 Å². The molecule has 0 atom stereocenters. The van der Waals surface area contributed by atoms with Crippen LogP contribution in [0.25, 0.3) is 0 Å². The molecule has 0 saturated carbocycles. The minimum Gasteiger partial charge on any atom is -0.365 e. The summed E-state index contributed by atoms with van der Waals surface area (Å²) in [6.07, 6.45) is 5.60. The lowest BCUT2D eigenvalue weighted by atomic mass is 9.95. The van der Waals surface area contributed by atoms with Crippen LogP contribution in [0.3, 0.4) is 0 Å². The van der Waals surface area contributed by atoms with Gasteiger partial charge in [-0.3, -0.25) is 19.3 Å². The maximum Gasteiger partial charge on any atom is 0.251 e. The van der Waals surface area contributed by atoms with Gasteiger partial charge in [0.25, 0.3) is 5.91 Å². The van der Waals surface area contributed by atoms with Crippen LogP contribution in [0.5, 0.6) is 0 Å². The first-order valence-electron chi connectivity index (χ1n) is 9.69. The molecular formula is C19H30N4O3S. The molecule has 0 saturated heterocycles. The lowest BCUT2D eigenvalue weighted by Gasteiger charge is -2.20.